The van der Waals surface area contributed by atoms with E-state index in [1.54, 1.807) is 12.1 Å². The van der Waals surface area contributed by atoms with Gasteiger partial charge in [-0.1, -0.05) is 0 Å². The summed E-state index contributed by atoms with van der Waals surface area (Å²) >= 11 is 0. The molecule has 0 heterocycles. The first kappa shape index (κ1) is 26.4. The van der Waals surface area contributed by atoms with Crippen molar-refractivity contribution in [1.29, 1.82) is 0 Å². The number of carbonyl (C=O) groups excluding carboxylic acids is 2. The molecule has 0 saturated heterocycles. The molecule has 0 spiro atoms. The van der Waals surface area contributed by atoms with Crippen molar-refractivity contribution >= 4 is 29.3 Å². The summed E-state index contributed by atoms with van der Waals surface area (Å²) in [6.07, 6.45) is 2.74. The lowest BCUT2D eigenvalue weighted by molar-refractivity contribution is -0.164. The molecule has 9 nitrogen and oxygen atoms in total. The minimum atomic E-state index is -3.75. The van der Waals surface area contributed by atoms with Gasteiger partial charge in [-0.25, -0.2) is 4.90 Å². The molecule has 2 rings (SSSR count). The second kappa shape index (κ2) is 11.3. The molecule has 0 aliphatic heterocycles. The zero-order valence-electron chi connectivity index (χ0n) is 19.7. The van der Waals surface area contributed by atoms with E-state index in [9.17, 15) is 18.4 Å². The number of amides is 2. The van der Waals surface area contributed by atoms with E-state index in [0.29, 0.717) is 27.7 Å². The lowest BCUT2D eigenvalue weighted by Crippen LogP contribution is -2.46. The molecule has 0 atom stereocenters. The maximum absolute atomic E-state index is 14.0. The van der Waals surface area contributed by atoms with Crippen molar-refractivity contribution in [2.75, 3.05) is 53.2 Å². The van der Waals surface area contributed by atoms with E-state index in [1.807, 2.05) is 0 Å². The summed E-state index contributed by atoms with van der Waals surface area (Å²) in [4.78, 5) is 25.0. The largest absolute Gasteiger partial charge is 0.496 e. The predicted molar refractivity (Wildman–Crippen MR) is 124 cm³/mol. The van der Waals surface area contributed by atoms with Crippen LogP contribution in [0.1, 0.15) is 5.56 Å². The highest BCUT2D eigenvalue weighted by Gasteiger charge is 2.41. The highest BCUT2D eigenvalue weighted by molar-refractivity contribution is 6.03. The Morgan fingerprint density at radius 1 is 0.882 bits per heavy atom. The van der Waals surface area contributed by atoms with Crippen LogP contribution >= 0.6 is 0 Å². The number of rotatable bonds is 10. The van der Waals surface area contributed by atoms with Gasteiger partial charge in [0.25, 0.3) is 0 Å². The van der Waals surface area contributed by atoms with Crippen molar-refractivity contribution in [3.05, 3.63) is 42.0 Å². The van der Waals surface area contributed by atoms with Crippen molar-refractivity contribution in [3.8, 4) is 23.0 Å². The van der Waals surface area contributed by atoms with Gasteiger partial charge in [0.15, 0.2) is 0 Å². The first-order valence-corrected chi connectivity index (χ1v) is 9.91. The molecule has 0 saturated carbocycles. The van der Waals surface area contributed by atoms with E-state index in [2.05, 4.69) is 10.6 Å². The van der Waals surface area contributed by atoms with Crippen molar-refractivity contribution in [2.45, 2.75) is 6.05 Å². The summed E-state index contributed by atoms with van der Waals surface area (Å²) in [6.45, 7) is 0. The second-order valence-electron chi connectivity index (χ2n) is 7.07. The SMILES string of the molecule is COc1cc(OC)c(C=CC(=O)Nc2ccc(OC)c(NC(=O)C(F)(F)N(C)C)c2)c(OC)c1. The van der Waals surface area contributed by atoms with Gasteiger partial charge in [-0.2, -0.15) is 8.78 Å². The highest BCUT2D eigenvalue weighted by atomic mass is 19.3. The number of nitrogens with zero attached hydrogens (tertiary/aromatic N) is 1. The maximum Gasteiger partial charge on any atom is 0.383 e. The Hall–Kier alpha value is -3.86. The molecule has 11 heteroatoms. The van der Waals surface area contributed by atoms with E-state index in [4.69, 9.17) is 18.9 Å². The Morgan fingerprint density at radius 2 is 1.47 bits per heavy atom. The Balaban J connectivity index is 2.25. The average molecular weight is 479 g/mol. The fourth-order valence-electron chi connectivity index (χ4n) is 2.82. The van der Waals surface area contributed by atoms with Crippen LogP contribution in [0.2, 0.25) is 0 Å². The minimum Gasteiger partial charge on any atom is -0.496 e. The maximum atomic E-state index is 14.0. The summed E-state index contributed by atoms with van der Waals surface area (Å²) in [6, 6.07) is 3.77. The number of carbonyl (C=O) groups is 2. The lowest BCUT2D eigenvalue weighted by Gasteiger charge is -2.23. The molecule has 2 N–H and O–H groups in total. The van der Waals surface area contributed by atoms with Crippen LogP contribution in [0.15, 0.2) is 36.4 Å². The number of methoxy groups -OCH3 is 4. The number of halogens is 2. The smallest absolute Gasteiger partial charge is 0.383 e. The predicted octanol–water partition coefficient (Wildman–Crippen LogP) is 3.47. The van der Waals surface area contributed by atoms with Crippen molar-refractivity contribution < 1.29 is 37.3 Å². The number of likely N-dealkylation sites (N-methyl/N-ethyl adjacent to an activating group) is 1. The molecular formula is C23H27F2N3O6. The zero-order chi connectivity index (χ0) is 25.5. The summed E-state index contributed by atoms with van der Waals surface area (Å²) in [7, 11) is 7.92. The van der Waals surface area contributed by atoms with Crippen LogP contribution in [0.5, 0.6) is 23.0 Å². The van der Waals surface area contributed by atoms with E-state index in [0.717, 1.165) is 14.1 Å². The van der Waals surface area contributed by atoms with Gasteiger partial charge in [-0.15, -0.1) is 0 Å². The van der Waals surface area contributed by atoms with Gasteiger partial charge in [0, 0.05) is 23.9 Å². The van der Waals surface area contributed by atoms with Crippen LogP contribution in [-0.2, 0) is 9.59 Å². The third kappa shape index (κ3) is 6.13. The van der Waals surface area contributed by atoms with E-state index in [-0.39, 0.29) is 17.1 Å². The first-order chi connectivity index (χ1) is 16.1. The molecular weight excluding hydrogens is 452 g/mol. The molecule has 0 aliphatic rings. The topological polar surface area (TPSA) is 98.4 Å². The molecule has 0 aliphatic carbocycles. The molecule has 0 radical (unpaired) electrons. The Labute approximate surface area is 196 Å². The fourth-order valence-corrected chi connectivity index (χ4v) is 2.82. The molecule has 0 bridgehead atoms. The van der Waals surface area contributed by atoms with Crippen LogP contribution in [0, 0.1) is 0 Å². The number of hydrogen-bond donors (Lipinski definition) is 2. The molecule has 2 aromatic rings. The van der Waals surface area contributed by atoms with Gasteiger partial charge in [0.05, 0.1) is 39.7 Å². The van der Waals surface area contributed by atoms with Gasteiger partial charge >= 0.3 is 12.0 Å². The number of alkyl halides is 2. The van der Waals surface area contributed by atoms with Crippen LogP contribution in [0.25, 0.3) is 6.08 Å². The second-order valence-corrected chi connectivity index (χ2v) is 7.07. The summed E-state index contributed by atoms with van der Waals surface area (Å²) in [5.41, 5.74) is 0.719. The normalized spacial score (nSPS) is 11.3. The molecule has 0 unspecified atom stereocenters. The summed E-state index contributed by atoms with van der Waals surface area (Å²) in [5, 5.41) is 4.72. The standard InChI is InChI=1S/C23H27F2N3O6/c1-28(2)23(24,25)22(30)27-17-11-14(7-9-18(17)32-4)26-21(29)10-8-16-19(33-5)12-15(31-3)13-20(16)34-6/h7-13H,1-6H3,(H,26,29)(H,27,30). The number of hydrogen-bond acceptors (Lipinski definition) is 7. The van der Waals surface area contributed by atoms with Gasteiger partial charge in [-0.3, -0.25) is 9.59 Å². The summed E-state index contributed by atoms with van der Waals surface area (Å²) in [5.74, 6) is -0.556. The number of benzene rings is 2. The number of anilines is 2. The van der Waals surface area contributed by atoms with Crippen LogP contribution in [0.3, 0.4) is 0 Å². The highest BCUT2D eigenvalue weighted by Crippen LogP contribution is 2.35. The van der Waals surface area contributed by atoms with Gasteiger partial charge in [-0.05, 0) is 38.4 Å². The first-order valence-electron chi connectivity index (χ1n) is 9.91. The van der Waals surface area contributed by atoms with E-state index in [1.165, 1.54) is 58.8 Å². The molecule has 184 valence electrons. The number of nitrogens with one attached hydrogen (secondary N) is 2. The van der Waals surface area contributed by atoms with Crippen LogP contribution in [-0.4, -0.2) is 65.3 Å². The lowest BCUT2D eigenvalue weighted by atomic mass is 10.1. The minimum absolute atomic E-state index is 0.0331. The zero-order valence-corrected chi connectivity index (χ0v) is 19.7. The van der Waals surface area contributed by atoms with E-state index < -0.39 is 17.9 Å². The molecule has 2 amide bonds. The third-order valence-electron chi connectivity index (χ3n) is 4.70. The third-order valence-corrected chi connectivity index (χ3v) is 4.70. The Kier molecular flexibility index (Phi) is 8.79. The van der Waals surface area contributed by atoms with Crippen LogP contribution < -0.4 is 29.6 Å². The Bertz CT molecular complexity index is 1050. The van der Waals surface area contributed by atoms with Crippen molar-refractivity contribution in [1.82, 2.24) is 4.90 Å². The van der Waals surface area contributed by atoms with E-state index >= 15 is 0 Å². The van der Waals surface area contributed by atoms with Crippen LogP contribution in [0.4, 0.5) is 20.2 Å². The molecule has 0 aromatic heterocycles. The fraction of sp³-hybridized carbons (Fsp3) is 0.304. The van der Waals surface area contributed by atoms with Gasteiger partial charge in [0.1, 0.15) is 23.0 Å². The summed E-state index contributed by atoms with van der Waals surface area (Å²) < 4.78 is 48.9. The molecule has 2 aromatic carbocycles. The Morgan fingerprint density at radius 3 is 1.97 bits per heavy atom. The van der Waals surface area contributed by atoms with Crippen molar-refractivity contribution in [3.63, 3.8) is 0 Å². The van der Waals surface area contributed by atoms with Gasteiger partial charge < -0.3 is 29.6 Å². The molecule has 0 fully saturated rings. The average Bonchev–Trinajstić information content (AvgIpc) is 2.82. The number of ether oxygens (including phenoxy) is 4. The van der Waals surface area contributed by atoms with Gasteiger partial charge in [0.2, 0.25) is 5.91 Å². The molecule has 34 heavy (non-hydrogen) atoms. The quantitative estimate of drug-likeness (QED) is 0.398. The van der Waals surface area contributed by atoms with Crippen molar-refractivity contribution in [2.24, 2.45) is 0 Å². The monoisotopic (exact) mass is 479 g/mol.